The molecule has 1 aliphatic rings. The largest absolute Gasteiger partial charge is 0.494 e. The number of carbonyl (C=O) groups excluding carboxylic acids is 2. The van der Waals surface area contributed by atoms with Crippen LogP contribution in [-0.4, -0.2) is 62.8 Å². The van der Waals surface area contributed by atoms with Crippen LogP contribution in [-0.2, 0) is 14.3 Å². The highest BCUT2D eigenvalue weighted by Crippen LogP contribution is 2.39. The number of amides is 1. The van der Waals surface area contributed by atoms with E-state index in [-0.39, 0.29) is 24.0 Å². The van der Waals surface area contributed by atoms with Gasteiger partial charge in [-0.05, 0) is 69.3 Å². The summed E-state index contributed by atoms with van der Waals surface area (Å²) in [5, 5.41) is 1.21. The maximum atomic E-state index is 12.8. The molecular weight excluding hydrogens is 561 g/mol. The van der Waals surface area contributed by atoms with Crippen LogP contribution in [0.3, 0.4) is 0 Å². The van der Waals surface area contributed by atoms with Gasteiger partial charge in [0.05, 0.1) is 33.4 Å². The molecule has 0 spiro atoms. The van der Waals surface area contributed by atoms with Crippen molar-refractivity contribution < 1.29 is 19.1 Å². The number of unbranched alkanes of at least 4 members (excludes halogenated alkanes) is 1. The molecule has 1 aliphatic heterocycles. The second kappa shape index (κ2) is 14.1. The zero-order valence-corrected chi connectivity index (χ0v) is 27.1. The lowest BCUT2D eigenvalue weighted by molar-refractivity contribution is -0.160. The summed E-state index contributed by atoms with van der Waals surface area (Å²) < 4.78 is 11.7. The van der Waals surface area contributed by atoms with E-state index in [4.69, 9.17) is 32.7 Å². The van der Waals surface area contributed by atoms with E-state index in [1.807, 2.05) is 77.9 Å². The van der Waals surface area contributed by atoms with Gasteiger partial charge in [-0.3, -0.25) is 19.4 Å². The fourth-order valence-electron chi connectivity index (χ4n) is 4.49. The molecule has 226 valence electrons. The number of piperazine rings is 1. The van der Waals surface area contributed by atoms with Gasteiger partial charge in [0, 0.05) is 39.2 Å². The second-order valence-electron chi connectivity index (χ2n) is 12.3. The Morgan fingerprint density at radius 3 is 2.29 bits per heavy atom. The number of aryl methyl sites for hydroxylation is 1. The van der Waals surface area contributed by atoms with E-state index in [9.17, 15) is 9.59 Å². The fourth-order valence-corrected chi connectivity index (χ4v) is 4.90. The van der Waals surface area contributed by atoms with Gasteiger partial charge in [-0.15, -0.1) is 0 Å². The molecular formula is C32H45Cl2N3O4. The monoisotopic (exact) mass is 605 g/mol. The molecule has 0 unspecified atom stereocenters. The molecule has 1 saturated heterocycles. The molecule has 1 amide bonds. The van der Waals surface area contributed by atoms with Crippen LogP contribution in [0.15, 0.2) is 36.4 Å². The quantitative estimate of drug-likeness (QED) is 0.153. The number of ether oxygens (including phenoxy) is 2. The highest BCUT2D eigenvalue weighted by Gasteiger charge is 2.41. The molecule has 7 nitrogen and oxygen atoms in total. The van der Waals surface area contributed by atoms with Crippen LogP contribution in [0.1, 0.15) is 59.9 Å². The molecule has 0 saturated carbocycles. The Hall–Kier alpha value is -2.48. The number of benzene rings is 2. The predicted octanol–water partition coefficient (Wildman–Crippen LogP) is 7.21. The van der Waals surface area contributed by atoms with E-state index in [0.717, 1.165) is 56.8 Å². The molecule has 3 rings (SSSR count). The summed E-state index contributed by atoms with van der Waals surface area (Å²) in [5.41, 5.74) is 1.59. The number of hydrogen-bond acceptors (Lipinski definition) is 6. The number of esters is 1. The zero-order valence-electron chi connectivity index (χ0n) is 25.6. The molecule has 1 heterocycles. The van der Waals surface area contributed by atoms with Crippen molar-refractivity contribution in [1.29, 1.82) is 0 Å². The Morgan fingerprint density at radius 2 is 1.66 bits per heavy atom. The molecule has 9 heteroatoms. The third-order valence-corrected chi connectivity index (χ3v) is 9.15. The highest BCUT2D eigenvalue weighted by molar-refractivity contribution is 6.43. The third-order valence-electron chi connectivity index (χ3n) is 8.34. The van der Waals surface area contributed by atoms with E-state index in [1.165, 1.54) is 11.8 Å². The summed E-state index contributed by atoms with van der Waals surface area (Å²) in [4.78, 5) is 31.6. The van der Waals surface area contributed by atoms with Gasteiger partial charge in [0.1, 0.15) is 5.75 Å². The van der Waals surface area contributed by atoms with Crippen LogP contribution in [0, 0.1) is 17.8 Å². The molecule has 2 aromatic carbocycles. The molecule has 41 heavy (non-hydrogen) atoms. The first-order valence-corrected chi connectivity index (χ1v) is 15.1. The van der Waals surface area contributed by atoms with E-state index in [2.05, 4.69) is 9.80 Å². The van der Waals surface area contributed by atoms with Crippen molar-refractivity contribution in [1.82, 2.24) is 4.90 Å². The van der Waals surface area contributed by atoms with Crippen molar-refractivity contribution in [3.8, 4) is 5.75 Å². The molecule has 0 radical (unpaired) electrons. The molecule has 2 aromatic rings. The topological polar surface area (TPSA) is 62.3 Å². The van der Waals surface area contributed by atoms with Gasteiger partial charge in [0.2, 0.25) is 5.91 Å². The number of halogens is 2. The SMILES string of the molecule is CC(=O)N(COC(=O)C(C)(C)C(C)(C)C)c1cc(OCCCCN2CCN(c3cccc(Cl)c3Cl)CC2)ccc1C. The fraction of sp³-hybridized carbons (Fsp3) is 0.562. The molecule has 1 fully saturated rings. The van der Waals surface area contributed by atoms with E-state index in [0.29, 0.717) is 28.1 Å². The van der Waals surface area contributed by atoms with Crippen LogP contribution in [0.5, 0.6) is 5.75 Å². The molecule has 0 bridgehead atoms. The van der Waals surface area contributed by atoms with Gasteiger partial charge < -0.3 is 14.4 Å². The number of nitrogens with zero attached hydrogens (tertiary/aromatic N) is 3. The Balaban J connectivity index is 1.47. The van der Waals surface area contributed by atoms with Crippen molar-refractivity contribution >= 4 is 46.5 Å². The second-order valence-corrected chi connectivity index (χ2v) is 13.1. The number of carbonyl (C=O) groups is 2. The predicted molar refractivity (Wildman–Crippen MR) is 168 cm³/mol. The Morgan fingerprint density at radius 1 is 0.976 bits per heavy atom. The average Bonchev–Trinajstić information content (AvgIpc) is 2.91. The highest BCUT2D eigenvalue weighted by atomic mass is 35.5. The maximum absolute atomic E-state index is 12.8. The van der Waals surface area contributed by atoms with Gasteiger partial charge in [0.25, 0.3) is 0 Å². The average molecular weight is 607 g/mol. The van der Waals surface area contributed by atoms with E-state index < -0.39 is 5.41 Å². The van der Waals surface area contributed by atoms with Crippen molar-refractivity contribution in [2.75, 3.05) is 55.9 Å². The van der Waals surface area contributed by atoms with Crippen molar-refractivity contribution in [2.24, 2.45) is 10.8 Å². The molecule has 0 N–H and O–H groups in total. The van der Waals surface area contributed by atoms with E-state index in [1.54, 1.807) is 0 Å². The van der Waals surface area contributed by atoms with Crippen molar-refractivity contribution in [3.63, 3.8) is 0 Å². The summed E-state index contributed by atoms with van der Waals surface area (Å²) in [6.45, 7) is 18.4. The third kappa shape index (κ3) is 8.52. The molecule has 0 aliphatic carbocycles. The van der Waals surface area contributed by atoms with Crippen LogP contribution >= 0.6 is 23.2 Å². The van der Waals surface area contributed by atoms with Crippen molar-refractivity contribution in [2.45, 2.75) is 61.3 Å². The standard InChI is InChI=1S/C32H45Cl2N3O4/c1-23-13-14-25(21-28(23)37(24(2)38)22-41-30(39)32(6,7)31(3,4)5)40-20-9-8-15-35-16-18-36(19-17-35)27-12-10-11-26(33)29(27)34/h10-14,21H,8-9,15-20,22H2,1-7H3. The first kappa shape index (κ1) is 33.0. The number of anilines is 2. The van der Waals surface area contributed by atoms with E-state index >= 15 is 0 Å². The van der Waals surface area contributed by atoms with Crippen LogP contribution < -0.4 is 14.5 Å². The smallest absolute Gasteiger partial charge is 0.313 e. The minimum absolute atomic E-state index is 0.144. The van der Waals surface area contributed by atoms with Gasteiger partial charge in [-0.25, -0.2) is 0 Å². The normalized spacial score (nSPS) is 14.6. The minimum atomic E-state index is -0.701. The van der Waals surface area contributed by atoms with Crippen LogP contribution in [0.2, 0.25) is 10.0 Å². The van der Waals surface area contributed by atoms with Crippen LogP contribution in [0.25, 0.3) is 0 Å². The lowest BCUT2D eigenvalue weighted by Gasteiger charge is -2.36. The lowest BCUT2D eigenvalue weighted by atomic mass is 9.69. The summed E-state index contributed by atoms with van der Waals surface area (Å²) in [6, 6.07) is 11.5. The van der Waals surface area contributed by atoms with Gasteiger partial charge in [0.15, 0.2) is 6.73 Å². The summed E-state index contributed by atoms with van der Waals surface area (Å²) in [7, 11) is 0. The Labute approximate surface area is 255 Å². The number of hydrogen-bond donors (Lipinski definition) is 0. The summed E-state index contributed by atoms with van der Waals surface area (Å²) in [5.74, 6) is 0.144. The van der Waals surface area contributed by atoms with Gasteiger partial charge in [-0.2, -0.15) is 0 Å². The Kier molecular flexibility index (Phi) is 11.4. The molecule has 0 aromatic heterocycles. The van der Waals surface area contributed by atoms with Crippen molar-refractivity contribution in [3.05, 3.63) is 52.0 Å². The minimum Gasteiger partial charge on any atom is -0.494 e. The lowest BCUT2D eigenvalue weighted by Crippen LogP contribution is -2.46. The summed E-state index contributed by atoms with van der Waals surface area (Å²) >= 11 is 12.6. The van der Waals surface area contributed by atoms with Gasteiger partial charge >= 0.3 is 5.97 Å². The first-order chi connectivity index (χ1) is 19.2. The summed E-state index contributed by atoms with van der Waals surface area (Å²) in [6.07, 6.45) is 1.94. The van der Waals surface area contributed by atoms with Gasteiger partial charge in [-0.1, -0.05) is 56.1 Å². The zero-order chi connectivity index (χ0) is 30.4. The Bertz CT molecular complexity index is 1200. The first-order valence-electron chi connectivity index (χ1n) is 14.3. The number of rotatable bonds is 11. The molecule has 0 atom stereocenters. The maximum Gasteiger partial charge on any atom is 0.313 e. The van der Waals surface area contributed by atoms with Crippen LogP contribution in [0.4, 0.5) is 11.4 Å².